The zero-order valence-electron chi connectivity index (χ0n) is 11.2. The van der Waals surface area contributed by atoms with Gasteiger partial charge < -0.3 is 15.3 Å². The molecule has 2 unspecified atom stereocenters. The van der Waals surface area contributed by atoms with E-state index in [-0.39, 0.29) is 18.1 Å². The van der Waals surface area contributed by atoms with Crippen LogP contribution in [0.1, 0.15) is 51.4 Å². The second kappa shape index (κ2) is 7.10. The minimum Gasteiger partial charge on any atom is -0.391 e. The number of carbonyl (C=O) groups excluding carboxylic acids is 1. The Morgan fingerprint density at radius 3 is 2.61 bits per heavy atom. The van der Waals surface area contributed by atoms with Crippen LogP contribution in [0.4, 0.5) is 0 Å². The summed E-state index contributed by atoms with van der Waals surface area (Å²) in [5.74, 6) is 0.104. The van der Waals surface area contributed by atoms with Crippen LogP contribution in [0.15, 0.2) is 0 Å². The molecule has 1 saturated carbocycles. The zero-order chi connectivity index (χ0) is 12.8. The molecule has 0 radical (unpaired) electrons. The van der Waals surface area contributed by atoms with Crippen molar-refractivity contribution in [3.05, 3.63) is 0 Å². The topological polar surface area (TPSA) is 52.6 Å². The van der Waals surface area contributed by atoms with Gasteiger partial charge in [-0.2, -0.15) is 0 Å². The van der Waals surface area contributed by atoms with Crippen molar-refractivity contribution in [1.82, 2.24) is 10.2 Å². The molecule has 0 aromatic rings. The monoisotopic (exact) mass is 254 g/mol. The molecule has 1 heterocycles. The normalized spacial score (nSPS) is 30.1. The second-order valence-electron chi connectivity index (χ2n) is 5.68. The summed E-state index contributed by atoms with van der Waals surface area (Å²) in [5.41, 5.74) is 0. The standard InChI is InChI=1S/C14H26N2O2/c17-13-7-3-1-2-6-12(13)15-14(18)8-11-16-9-4-5-10-16/h12-13,17H,1-11H2,(H,15,18). The first-order valence-corrected chi connectivity index (χ1v) is 7.45. The summed E-state index contributed by atoms with van der Waals surface area (Å²) < 4.78 is 0. The van der Waals surface area contributed by atoms with E-state index in [1.165, 1.54) is 19.3 Å². The van der Waals surface area contributed by atoms with Gasteiger partial charge in [0.15, 0.2) is 0 Å². The summed E-state index contributed by atoms with van der Waals surface area (Å²) in [4.78, 5) is 14.2. The minimum absolute atomic E-state index is 0.0152. The molecule has 1 amide bonds. The Hall–Kier alpha value is -0.610. The first kappa shape index (κ1) is 13.8. The number of rotatable bonds is 4. The van der Waals surface area contributed by atoms with Crippen molar-refractivity contribution < 1.29 is 9.90 Å². The lowest BCUT2D eigenvalue weighted by molar-refractivity contribution is -0.123. The van der Waals surface area contributed by atoms with Crippen LogP contribution < -0.4 is 5.32 Å². The van der Waals surface area contributed by atoms with Crippen LogP contribution in [0.3, 0.4) is 0 Å². The fourth-order valence-electron chi connectivity index (χ4n) is 3.00. The van der Waals surface area contributed by atoms with Crippen molar-refractivity contribution in [2.24, 2.45) is 0 Å². The lowest BCUT2D eigenvalue weighted by Crippen LogP contribution is -2.43. The number of hydrogen-bond acceptors (Lipinski definition) is 3. The van der Waals surface area contributed by atoms with Gasteiger partial charge in [0.05, 0.1) is 12.1 Å². The summed E-state index contributed by atoms with van der Waals surface area (Å²) in [7, 11) is 0. The molecule has 1 saturated heterocycles. The number of amides is 1. The van der Waals surface area contributed by atoms with E-state index in [4.69, 9.17) is 0 Å². The molecule has 1 aliphatic carbocycles. The maximum absolute atomic E-state index is 11.9. The molecule has 2 atom stereocenters. The van der Waals surface area contributed by atoms with Crippen molar-refractivity contribution >= 4 is 5.91 Å². The Labute approximate surface area is 110 Å². The van der Waals surface area contributed by atoms with Gasteiger partial charge in [0.2, 0.25) is 5.91 Å². The van der Waals surface area contributed by atoms with Crippen molar-refractivity contribution in [3.63, 3.8) is 0 Å². The molecule has 4 heteroatoms. The molecule has 0 aromatic carbocycles. The van der Waals surface area contributed by atoms with Crippen LogP contribution in [0, 0.1) is 0 Å². The Morgan fingerprint density at radius 2 is 1.83 bits per heavy atom. The van der Waals surface area contributed by atoms with E-state index in [1.807, 2.05) is 0 Å². The molecule has 0 aromatic heterocycles. The van der Waals surface area contributed by atoms with Crippen molar-refractivity contribution in [2.45, 2.75) is 63.5 Å². The van der Waals surface area contributed by atoms with E-state index >= 15 is 0 Å². The number of nitrogens with zero attached hydrogens (tertiary/aromatic N) is 1. The van der Waals surface area contributed by atoms with Crippen LogP contribution in [0.2, 0.25) is 0 Å². The van der Waals surface area contributed by atoms with Gasteiger partial charge in [0.25, 0.3) is 0 Å². The summed E-state index contributed by atoms with van der Waals surface area (Å²) in [6, 6.07) is -0.0152. The van der Waals surface area contributed by atoms with Crippen LogP contribution >= 0.6 is 0 Å². The van der Waals surface area contributed by atoms with Gasteiger partial charge in [-0.1, -0.05) is 19.3 Å². The highest BCUT2D eigenvalue weighted by molar-refractivity contribution is 5.76. The van der Waals surface area contributed by atoms with Gasteiger partial charge in [0, 0.05) is 13.0 Å². The second-order valence-corrected chi connectivity index (χ2v) is 5.68. The Bertz CT molecular complexity index is 265. The van der Waals surface area contributed by atoms with Gasteiger partial charge in [-0.25, -0.2) is 0 Å². The lowest BCUT2D eigenvalue weighted by atomic mass is 10.1. The van der Waals surface area contributed by atoms with Crippen molar-refractivity contribution in [2.75, 3.05) is 19.6 Å². The Morgan fingerprint density at radius 1 is 1.11 bits per heavy atom. The largest absolute Gasteiger partial charge is 0.391 e. The van der Waals surface area contributed by atoms with Crippen LogP contribution in [0.5, 0.6) is 0 Å². The van der Waals surface area contributed by atoms with Crippen LogP contribution in [-0.2, 0) is 4.79 Å². The highest BCUT2D eigenvalue weighted by Crippen LogP contribution is 2.18. The smallest absolute Gasteiger partial charge is 0.221 e. The van der Waals surface area contributed by atoms with Crippen LogP contribution in [0.25, 0.3) is 0 Å². The van der Waals surface area contributed by atoms with Gasteiger partial charge in [0.1, 0.15) is 0 Å². The average Bonchev–Trinajstić information content (AvgIpc) is 2.80. The molecule has 18 heavy (non-hydrogen) atoms. The van der Waals surface area contributed by atoms with E-state index in [1.54, 1.807) is 0 Å². The molecule has 2 rings (SSSR count). The van der Waals surface area contributed by atoms with Crippen molar-refractivity contribution in [3.8, 4) is 0 Å². The zero-order valence-corrected chi connectivity index (χ0v) is 11.2. The molecule has 2 N–H and O–H groups in total. The van der Waals surface area contributed by atoms with E-state index in [2.05, 4.69) is 10.2 Å². The predicted molar refractivity (Wildman–Crippen MR) is 71.3 cm³/mol. The van der Waals surface area contributed by atoms with Gasteiger partial charge in [-0.15, -0.1) is 0 Å². The SMILES string of the molecule is O=C(CCN1CCCC1)NC1CCCCCC1O. The predicted octanol–water partition coefficient (Wildman–Crippen LogP) is 1.28. The number of likely N-dealkylation sites (tertiary alicyclic amines) is 1. The number of aliphatic hydroxyl groups excluding tert-OH is 1. The van der Waals surface area contributed by atoms with E-state index in [0.29, 0.717) is 6.42 Å². The first-order valence-electron chi connectivity index (χ1n) is 7.45. The van der Waals surface area contributed by atoms with E-state index in [0.717, 1.165) is 45.3 Å². The fraction of sp³-hybridized carbons (Fsp3) is 0.929. The summed E-state index contributed by atoms with van der Waals surface area (Å²) in [6.45, 7) is 3.15. The molecular weight excluding hydrogens is 228 g/mol. The summed E-state index contributed by atoms with van der Waals surface area (Å²) in [6.07, 6.45) is 7.90. The number of hydrogen-bond donors (Lipinski definition) is 2. The van der Waals surface area contributed by atoms with Gasteiger partial charge in [-0.3, -0.25) is 4.79 Å². The molecule has 2 aliphatic rings. The average molecular weight is 254 g/mol. The fourth-order valence-corrected chi connectivity index (χ4v) is 3.00. The number of carbonyl (C=O) groups is 1. The first-order chi connectivity index (χ1) is 8.75. The van der Waals surface area contributed by atoms with Gasteiger partial charge >= 0.3 is 0 Å². The van der Waals surface area contributed by atoms with Crippen LogP contribution in [-0.4, -0.2) is 47.7 Å². The third-order valence-electron chi connectivity index (χ3n) is 4.18. The summed E-state index contributed by atoms with van der Waals surface area (Å²) >= 11 is 0. The van der Waals surface area contributed by atoms with Gasteiger partial charge in [-0.05, 0) is 38.8 Å². The minimum atomic E-state index is -0.344. The van der Waals surface area contributed by atoms with E-state index in [9.17, 15) is 9.90 Å². The summed E-state index contributed by atoms with van der Waals surface area (Å²) in [5, 5.41) is 13.0. The van der Waals surface area contributed by atoms with E-state index < -0.39 is 0 Å². The highest BCUT2D eigenvalue weighted by atomic mass is 16.3. The Kier molecular flexibility index (Phi) is 5.45. The molecule has 104 valence electrons. The molecule has 0 spiro atoms. The Balaban J connectivity index is 1.68. The molecule has 2 fully saturated rings. The number of aliphatic hydroxyl groups is 1. The maximum Gasteiger partial charge on any atom is 0.221 e. The van der Waals surface area contributed by atoms with Crippen molar-refractivity contribution in [1.29, 1.82) is 0 Å². The molecule has 4 nitrogen and oxygen atoms in total. The highest BCUT2D eigenvalue weighted by Gasteiger charge is 2.23. The maximum atomic E-state index is 11.9. The number of nitrogens with one attached hydrogen (secondary N) is 1. The lowest BCUT2D eigenvalue weighted by Gasteiger charge is -2.22. The molecule has 1 aliphatic heterocycles. The molecular formula is C14H26N2O2. The quantitative estimate of drug-likeness (QED) is 0.743. The third kappa shape index (κ3) is 4.25. The molecule has 0 bridgehead atoms. The third-order valence-corrected chi connectivity index (χ3v) is 4.18.